The maximum atomic E-state index is 12.1. The van der Waals surface area contributed by atoms with E-state index in [2.05, 4.69) is 22.8 Å². The topological polar surface area (TPSA) is 50.4 Å². The Bertz CT molecular complexity index is 394. The van der Waals surface area contributed by atoms with Crippen molar-refractivity contribution in [3.63, 3.8) is 0 Å². The molecule has 5 heteroatoms. The lowest BCUT2D eigenvalue weighted by molar-refractivity contribution is -0.0684. The molecule has 0 unspecified atom stereocenters. The summed E-state index contributed by atoms with van der Waals surface area (Å²) in [6.07, 6.45) is 10.9. The number of hydrogen-bond donors (Lipinski definition) is 2. The molecule has 21 heavy (non-hydrogen) atoms. The molecule has 4 nitrogen and oxygen atoms in total. The molecule has 0 aromatic rings. The van der Waals surface area contributed by atoms with Gasteiger partial charge in [-0.25, -0.2) is 4.79 Å². The zero-order valence-corrected chi connectivity index (χ0v) is 13.4. The van der Waals surface area contributed by atoms with Gasteiger partial charge in [-0.15, -0.1) is 0 Å². The van der Waals surface area contributed by atoms with Crippen LogP contribution < -0.4 is 10.6 Å². The van der Waals surface area contributed by atoms with Gasteiger partial charge in [-0.2, -0.15) is 11.8 Å². The van der Waals surface area contributed by atoms with Gasteiger partial charge in [-0.3, -0.25) is 0 Å². The van der Waals surface area contributed by atoms with Crippen molar-refractivity contribution in [1.29, 1.82) is 0 Å². The fourth-order valence-electron chi connectivity index (χ4n) is 3.53. The second-order valence-electron chi connectivity index (χ2n) is 6.53. The smallest absolute Gasteiger partial charge is 0.315 e. The van der Waals surface area contributed by atoms with E-state index in [9.17, 15) is 4.79 Å². The third-order valence-electron chi connectivity index (χ3n) is 4.82. The highest BCUT2D eigenvalue weighted by Crippen LogP contribution is 2.38. The average Bonchev–Trinajstić information content (AvgIpc) is 2.94. The number of urea groups is 1. The fraction of sp³-hybridized carbons (Fsp3) is 0.812. The van der Waals surface area contributed by atoms with Crippen molar-refractivity contribution in [2.24, 2.45) is 5.92 Å². The lowest BCUT2D eigenvalue weighted by atomic mass is 9.90. The summed E-state index contributed by atoms with van der Waals surface area (Å²) in [6.45, 7) is 1.57. The highest BCUT2D eigenvalue weighted by atomic mass is 32.2. The molecule has 0 aromatic heterocycles. The van der Waals surface area contributed by atoms with E-state index >= 15 is 0 Å². The van der Waals surface area contributed by atoms with E-state index in [-0.39, 0.29) is 17.7 Å². The van der Waals surface area contributed by atoms with Gasteiger partial charge in [-0.05, 0) is 50.2 Å². The van der Waals surface area contributed by atoms with Crippen LogP contribution >= 0.6 is 11.8 Å². The van der Waals surface area contributed by atoms with Gasteiger partial charge in [0.1, 0.15) is 0 Å². The summed E-state index contributed by atoms with van der Waals surface area (Å²) in [5.74, 6) is 2.88. The van der Waals surface area contributed by atoms with E-state index in [4.69, 9.17) is 4.74 Å². The Balaban J connectivity index is 1.40. The molecule has 3 atom stereocenters. The summed E-state index contributed by atoms with van der Waals surface area (Å²) in [4.78, 5) is 12.1. The number of amides is 2. The molecule has 1 spiro atoms. The Morgan fingerprint density at radius 2 is 2.33 bits per heavy atom. The van der Waals surface area contributed by atoms with E-state index in [0.717, 1.165) is 51.0 Å². The molecule has 2 fully saturated rings. The van der Waals surface area contributed by atoms with Gasteiger partial charge in [0.15, 0.2) is 0 Å². The van der Waals surface area contributed by atoms with Crippen molar-refractivity contribution in [2.45, 2.75) is 50.2 Å². The molecule has 0 bridgehead atoms. The first-order chi connectivity index (χ1) is 10.3. The molecule has 118 valence electrons. The van der Waals surface area contributed by atoms with Gasteiger partial charge in [0.2, 0.25) is 0 Å². The minimum Gasteiger partial charge on any atom is -0.374 e. The normalized spacial score (nSPS) is 35.8. The minimum absolute atomic E-state index is 0.00254. The van der Waals surface area contributed by atoms with Crippen LogP contribution in [0.3, 0.4) is 0 Å². The van der Waals surface area contributed by atoms with Crippen LogP contribution in [-0.4, -0.2) is 42.3 Å². The lowest BCUT2D eigenvalue weighted by Crippen LogP contribution is -2.51. The van der Waals surface area contributed by atoms with Crippen molar-refractivity contribution in [1.82, 2.24) is 10.6 Å². The van der Waals surface area contributed by atoms with Crippen molar-refractivity contribution in [3.8, 4) is 0 Å². The van der Waals surface area contributed by atoms with Gasteiger partial charge in [0.05, 0.1) is 5.60 Å². The first-order valence-corrected chi connectivity index (χ1v) is 9.32. The average molecular weight is 310 g/mol. The van der Waals surface area contributed by atoms with E-state index < -0.39 is 0 Å². The Morgan fingerprint density at radius 3 is 3.10 bits per heavy atom. The van der Waals surface area contributed by atoms with Crippen molar-refractivity contribution in [2.75, 3.05) is 24.7 Å². The number of carbonyl (C=O) groups excluding carboxylic acids is 1. The maximum absolute atomic E-state index is 12.1. The van der Waals surface area contributed by atoms with E-state index in [1.807, 2.05) is 11.8 Å². The molecule has 2 amide bonds. The number of nitrogens with one attached hydrogen (secondary N) is 2. The molecule has 0 aromatic carbocycles. The first-order valence-electron chi connectivity index (χ1n) is 8.17. The number of rotatable bonds is 3. The Kier molecular flexibility index (Phi) is 5.11. The molecule has 2 N–H and O–H groups in total. The third kappa shape index (κ3) is 4.16. The predicted molar refractivity (Wildman–Crippen MR) is 86.7 cm³/mol. The standard InChI is InChI=1S/C16H26N2O2S/c19-15(17-11-13-4-2-1-3-5-13)18-14-6-8-20-16(10-14)7-9-21-12-16/h1-2,13-14H,3-12H2,(H2,17,18,19)/t13-,14+,16-/m1/s1. The summed E-state index contributed by atoms with van der Waals surface area (Å²) in [5, 5.41) is 6.20. The number of hydrogen-bond acceptors (Lipinski definition) is 3. The molecule has 2 aliphatic heterocycles. The number of allylic oxidation sites excluding steroid dienone is 2. The van der Waals surface area contributed by atoms with Crippen molar-refractivity contribution < 1.29 is 9.53 Å². The largest absolute Gasteiger partial charge is 0.374 e. The molecule has 0 radical (unpaired) electrons. The number of thioether (sulfide) groups is 1. The number of ether oxygens (including phenoxy) is 1. The monoisotopic (exact) mass is 310 g/mol. The molecule has 1 aliphatic carbocycles. The van der Waals surface area contributed by atoms with Gasteiger partial charge in [-0.1, -0.05) is 12.2 Å². The van der Waals surface area contributed by atoms with E-state index in [1.54, 1.807) is 0 Å². The molecule has 3 aliphatic rings. The lowest BCUT2D eigenvalue weighted by Gasteiger charge is -2.38. The zero-order valence-electron chi connectivity index (χ0n) is 12.6. The highest BCUT2D eigenvalue weighted by Gasteiger charge is 2.40. The molecular weight excluding hydrogens is 284 g/mol. The minimum atomic E-state index is -0.00254. The van der Waals surface area contributed by atoms with Crippen LogP contribution in [0.5, 0.6) is 0 Å². The predicted octanol–water partition coefficient (Wildman–Crippen LogP) is 2.70. The van der Waals surface area contributed by atoms with E-state index in [1.165, 1.54) is 12.2 Å². The number of carbonyl (C=O) groups is 1. The third-order valence-corrected chi connectivity index (χ3v) is 6.05. The summed E-state index contributed by atoms with van der Waals surface area (Å²) in [5.41, 5.74) is 0.0367. The van der Waals surface area contributed by atoms with Crippen LogP contribution in [0.2, 0.25) is 0 Å². The van der Waals surface area contributed by atoms with Crippen LogP contribution in [0.4, 0.5) is 4.79 Å². The Hall–Kier alpha value is -0.680. The fourth-order valence-corrected chi connectivity index (χ4v) is 4.91. The van der Waals surface area contributed by atoms with Gasteiger partial charge >= 0.3 is 6.03 Å². The summed E-state index contributed by atoms with van der Waals surface area (Å²) < 4.78 is 5.99. The molecule has 2 heterocycles. The molecule has 2 saturated heterocycles. The van der Waals surface area contributed by atoms with Crippen LogP contribution in [0.1, 0.15) is 38.5 Å². The van der Waals surface area contributed by atoms with Crippen molar-refractivity contribution >= 4 is 17.8 Å². The SMILES string of the molecule is O=C(NC[C@@H]1CC=CCC1)N[C@H]1CCO[C@]2(CCSC2)C1. The second-order valence-corrected chi connectivity index (χ2v) is 7.63. The van der Waals surface area contributed by atoms with E-state index in [0.29, 0.717) is 5.92 Å². The zero-order chi connectivity index (χ0) is 14.5. The van der Waals surface area contributed by atoms with Gasteiger partial charge < -0.3 is 15.4 Å². The summed E-state index contributed by atoms with van der Waals surface area (Å²) in [6, 6.07) is 0.265. The summed E-state index contributed by atoms with van der Waals surface area (Å²) in [7, 11) is 0. The van der Waals surface area contributed by atoms with Crippen LogP contribution in [0.15, 0.2) is 12.2 Å². The molecule has 3 rings (SSSR count). The van der Waals surface area contributed by atoms with Crippen LogP contribution in [0, 0.1) is 5.92 Å². The summed E-state index contributed by atoms with van der Waals surface area (Å²) >= 11 is 1.97. The Morgan fingerprint density at radius 1 is 1.38 bits per heavy atom. The van der Waals surface area contributed by atoms with Gasteiger partial charge in [0.25, 0.3) is 0 Å². The van der Waals surface area contributed by atoms with Crippen molar-refractivity contribution in [3.05, 3.63) is 12.2 Å². The van der Waals surface area contributed by atoms with Gasteiger partial charge in [0, 0.05) is 24.9 Å². The Labute approximate surface area is 131 Å². The molecular formula is C16H26N2O2S. The van der Waals surface area contributed by atoms with Crippen LogP contribution in [-0.2, 0) is 4.74 Å². The maximum Gasteiger partial charge on any atom is 0.315 e. The quantitative estimate of drug-likeness (QED) is 0.788. The second kappa shape index (κ2) is 7.05. The highest BCUT2D eigenvalue weighted by molar-refractivity contribution is 7.99. The first kappa shape index (κ1) is 15.2. The van der Waals surface area contributed by atoms with Crippen LogP contribution in [0.25, 0.3) is 0 Å². The molecule has 0 saturated carbocycles.